The van der Waals surface area contributed by atoms with Gasteiger partial charge in [-0.1, -0.05) is 19.6 Å². The Labute approximate surface area is 135 Å². The van der Waals surface area contributed by atoms with Crippen LogP contribution in [0.25, 0.3) is 0 Å². The van der Waals surface area contributed by atoms with Crippen molar-refractivity contribution in [2.45, 2.75) is 26.3 Å². The maximum Gasteiger partial charge on any atom is 0.147 e. The van der Waals surface area contributed by atoms with Gasteiger partial charge in [0, 0.05) is 51.5 Å². The van der Waals surface area contributed by atoms with Crippen LogP contribution in [0.15, 0.2) is 48.5 Å². The summed E-state index contributed by atoms with van der Waals surface area (Å²) in [7, 11) is 0. The number of pyridine rings is 1. The molecule has 93 valence electrons. The van der Waals surface area contributed by atoms with Crippen molar-refractivity contribution in [1.82, 2.24) is 4.90 Å². The Morgan fingerprint density at radius 1 is 1.44 bits per heavy atom. The van der Waals surface area contributed by atoms with Crippen LogP contribution in [-0.4, -0.2) is 18.0 Å². The summed E-state index contributed by atoms with van der Waals surface area (Å²) in [5, 5.41) is 0. The molecule has 0 unspecified atom stereocenters. The first kappa shape index (κ1) is 15.6. The van der Waals surface area contributed by atoms with Gasteiger partial charge in [-0.05, 0) is 18.4 Å². The van der Waals surface area contributed by atoms with E-state index >= 15 is 0 Å². The molecular weight excluding hydrogens is 297 g/mol. The Morgan fingerprint density at radius 2 is 2.17 bits per heavy atom. The van der Waals surface area contributed by atoms with E-state index in [9.17, 15) is 0 Å². The van der Waals surface area contributed by atoms with Gasteiger partial charge in [0.15, 0.2) is 0 Å². The van der Waals surface area contributed by atoms with Crippen molar-refractivity contribution in [3.05, 3.63) is 54.5 Å². The van der Waals surface area contributed by atoms with Crippen molar-refractivity contribution in [3.8, 4) is 0 Å². The first-order chi connectivity index (χ1) is 8.29. The number of allylic oxidation sites excluding steroid dienone is 1. The van der Waals surface area contributed by atoms with E-state index in [-0.39, 0.29) is 32.7 Å². The molecule has 0 aliphatic carbocycles. The molecule has 0 N–H and O–H groups in total. The van der Waals surface area contributed by atoms with E-state index in [2.05, 4.69) is 47.5 Å². The van der Waals surface area contributed by atoms with Gasteiger partial charge < -0.3 is 9.47 Å². The molecule has 0 fully saturated rings. The maximum atomic E-state index is 4.09. The quantitative estimate of drug-likeness (QED) is 0.470. The van der Waals surface area contributed by atoms with Crippen molar-refractivity contribution >= 4 is 0 Å². The fourth-order valence-corrected chi connectivity index (χ4v) is 2.09. The predicted octanol–water partition coefficient (Wildman–Crippen LogP) is 2.33. The summed E-state index contributed by atoms with van der Waals surface area (Å²) in [5.74, 6) is 0. The van der Waals surface area contributed by atoms with E-state index in [1.807, 2.05) is 12.1 Å². The Hall–Kier alpha value is -0.466. The van der Waals surface area contributed by atoms with Gasteiger partial charge in [-0.25, -0.2) is 0 Å². The zero-order chi connectivity index (χ0) is 12.1. The number of rotatable bonds is 4. The van der Waals surface area contributed by atoms with Crippen molar-refractivity contribution in [2.24, 2.45) is 0 Å². The largest absolute Gasteiger partial charge is 0.371 e. The monoisotopic (exact) mass is 317 g/mol. The van der Waals surface area contributed by atoms with Crippen molar-refractivity contribution in [1.29, 1.82) is 0 Å². The van der Waals surface area contributed by atoms with Gasteiger partial charge in [0.25, 0.3) is 0 Å². The fourth-order valence-electron chi connectivity index (χ4n) is 2.09. The SMILES string of the molecule is C=C(CC)N1CC=C(C[n+]2cc[c-]cc2)CC1.[Y]. The Kier molecular flexibility index (Phi) is 6.81. The van der Waals surface area contributed by atoms with Crippen LogP contribution in [0.5, 0.6) is 0 Å². The van der Waals surface area contributed by atoms with Gasteiger partial charge in [-0.15, -0.1) is 12.1 Å². The first-order valence-electron chi connectivity index (χ1n) is 6.25. The summed E-state index contributed by atoms with van der Waals surface area (Å²) in [6.07, 6.45) is 8.67. The van der Waals surface area contributed by atoms with E-state index < -0.39 is 0 Å². The van der Waals surface area contributed by atoms with E-state index in [1.54, 1.807) is 0 Å². The van der Waals surface area contributed by atoms with Crippen molar-refractivity contribution < 1.29 is 37.3 Å². The molecular formula is C15H20N2Y. The Balaban J connectivity index is 0.00000162. The molecule has 3 heteroatoms. The van der Waals surface area contributed by atoms with Crippen molar-refractivity contribution in [2.75, 3.05) is 13.1 Å². The molecule has 0 amide bonds. The average molecular weight is 317 g/mol. The third-order valence-electron chi connectivity index (χ3n) is 3.27. The zero-order valence-corrected chi connectivity index (χ0v) is 13.9. The Morgan fingerprint density at radius 3 is 2.72 bits per heavy atom. The van der Waals surface area contributed by atoms with Crippen LogP contribution < -0.4 is 4.57 Å². The fraction of sp³-hybridized carbons (Fsp3) is 0.400. The molecule has 1 aromatic heterocycles. The summed E-state index contributed by atoms with van der Waals surface area (Å²) in [6.45, 7) is 9.38. The minimum absolute atomic E-state index is 0. The number of hydrogen-bond acceptors (Lipinski definition) is 1. The normalized spacial score (nSPS) is 14.7. The van der Waals surface area contributed by atoms with E-state index in [0.717, 1.165) is 32.5 Å². The van der Waals surface area contributed by atoms with E-state index in [1.165, 1.54) is 11.3 Å². The summed E-state index contributed by atoms with van der Waals surface area (Å²) in [5.41, 5.74) is 2.77. The van der Waals surface area contributed by atoms with Gasteiger partial charge in [-0.3, -0.25) is 0 Å². The molecule has 0 saturated heterocycles. The standard InChI is InChI=1S/C15H20N2.Y/c1-3-14(2)17-11-7-15(8-12-17)13-16-9-5-4-6-10-16;/h5-7,9-10H,2-3,8,11-13H2,1H3;. The molecule has 0 aromatic carbocycles. The second-order valence-electron chi connectivity index (χ2n) is 4.45. The van der Waals surface area contributed by atoms with E-state index in [4.69, 9.17) is 0 Å². The molecule has 1 aliphatic rings. The zero-order valence-electron chi connectivity index (χ0n) is 11.1. The van der Waals surface area contributed by atoms with Gasteiger partial charge in [-0.2, -0.15) is 6.07 Å². The van der Waals surface area contributed by atoms with Gasteiger partial charge >= 0.3 is 0 Å². The first-order valence-corrected chi connectivity index (χ1v) is 6.25. The van der Waals surface area contributed by atoms with Gasteiger partial charge in [0.1, 0.15) is 6.54 Å². The van der Waals surface area contributed by atoms with Gasteiger partial charge in [0.2, 0.25) is 0 Å². The van der Waals surface area contributed by atoms with Crippen LogP contribution in [0.3, 0.4) is 0 Å². The van der Waals surface area contributed by atoms with Crippen molar-refractivity contribution in [3.63, 3.8) is 0 Å². The molecule has 2 nitrogen and oxygen atoms in total. The Bertz CT molecular complexity index is 412. The van der Waals surface area contributed by atoms with Crippen LogP contribution >= 0.6 is 0 Å². The molecule has 1 radical (unpaired) electrons. The number of hydrogen-bond donors (Lipinski definition) is 0. The predicted molar refractivity (Wildman–Crippen MR) is 69.2 cm³/mol. The molecule has 0 atom stereocenters. The summed E-state index contributed by atoms with van der Waals surface area (Å²) < 4.78 is 2.20. The minimum atomic E-state index is 0. The number of aromatic nitrogens is 1. The minimum Gasteiger partial charge on any atom is -0.371 e. The van der Waals surface area contributed by atoms with Crippen LogP contribution in [0.4, 0.5) is 0 Å². The van der Waals surface area contributed by atoms with Crippen LogP contribution in [0, 0.1) is 6.07 Å². The third kappa shape index (κ3) is 4.33. The second kappa shape index (κ2) is 7.86. The topological polar surface area (TPSA) is 7.12 Å². The summed E-state index contributed by atoms with van der Waals surface area (Å²) >= 11 is 0. The maximum absolute atomic E-state index is 4.09. The van der Waals surface area contributed by atoms with Crippen LogP contribution in [0.1, 0.15) is 19.8 Å². The summed E-state index contributed by atoms with van der Waals surface area (Å²) in [4.78, 5) is 2.37. The van der Waals surface area contributed by atoms with Gasteiger partial charge in [0.05, 0.1) is 12.4 Å². The molecule has 2 heterocycles. The van der Waals surface area contributed by atoms with E-state index in [0.29, 0.717) is 0 Å². The number of nitrogens with zero attached hydrogens (tertiary/aromatic N) is 2. The van der Waals surface area contributed by atoms with Crippen LogP contribution in [0.2, 0.25) is 0 Å². The molecule has 18 heavy (non-hydrogen) atoms. The molecule has 0 saturated carbocycles. The molecule has 1 aliphatic heterocycles. The smallest absolute Gasteiger partial charge is 0.147 e. The average Bonchev–Trinajstić information content (AvgIpc) is 2.40. The summed E-state index contributed by atoms with van der Waals surface area (Å²) in [6, 6.07) is 6.95. The molecule has 1 aromatic rings. The molecule has 2 rings (SSSR count). The van der Waals surface area contributed by atoms with Crippen LogP contribution in [-0.2, 0) is 39.3 Å². The molecule has 0 bridgehead atoms. The molecule has 0 spiro atoms. The third-order valence-corrected chi connectivity index (χ3v) is 3.27. The second-order valence-corrected chi connectivity index (χ2v) is 4.45.